The van der Waals surface area contributed by atoms with Crippen LogP contribution >= 0.6 is 12.2 Å². The van der Waals surface area contributed by atoms with E-state index in [2.05, 4.69) is 39.5 Å². The first-order valence-electron chi connectivity index (χ1n) is 7.93. The van der Waals surface area contributed by atoms with E-state index in [1.807, 2.05) is 24.3 Å². The lowest BCUT2D eigenvalue weighted by atomic mass is 10.2. The van der Waals surface area contributed by atoms with Gasteiger partial charge in [-0.1, -0.05) is 6.92 Å². The maximum atomic E-state index is 5.80. The maximum absolute atomic E-state index is 5.80. The Morgan fingerprint density at radius 3 is 2.52 bits per heavy atom. The van der Waals surface area contributed by atoms with Crippen molar-refractivity contribution in [1.82, 2.24) is 15.2 Å². The molecule has 1 aliphatic heterocycles. The minimum atomic E-state index is 0.154. The summed E-state index contributed by atoms with van der Waals surface area (Å²) in [5.74, 6) is 0.872. The van der Waals surface area contributed by atoms with Crippen molar-refractivity contribution in [2.75, 3.05) is 45.9 Å². The van der Waals surface area contributed by atoms with Gasteiger partial charge in [-0.15, -0.1) is 0 Å². The van der Waals surface area contributed by atoms with Crippen LogP contribution in [-0.4, -0.2) is 67.0 Å². The fraction of sp³-hybridized carbons (Fsp3) is 0.500. The van der Waals surface area contributed by atoms with Crippen LogP contribution in [-0.2, 0) is 0 Å². The Hall–Kier alpha value is -1.70. The van der Waals surface area contributed by atoms with Gasteiger partial charge in [-0.25, -0.2) is 0 Å². The molecule has 23 heavy (non-hydrogen) atoms. The molecule has 0 amide bonds. The largest absolute Gasteiger partial charge is 0.492 e. The Balaban J connectivity index is 1.68. The maximum Gasteiger partial charge on any atom is 0.184 e. The van der Waals surface area contributed by atoms with E-state index >= 15 is 0 Å². The molecule has 0 unspecified atom stereocenters. The first kappa shape index (κ1) is 17.7. The Morgan fingerprint density at radius 2 is 1.91 bits per heavy atom. The van der Waals surface area contributed by atoms with Crippen molar-refractivity contribution in [1.29, 1.82) is 0 Å². The van der Waals surface area contributed by atoms with Gasteiger partial charge < -0.3 is 15.4 Å². The molecule has 0 bridgehead atoms. The molecular formula is C16H25N5OS. The molecule has 3 N–H and O–H groups in total. The lowest BCUT2D eigenvalue weighted by Crippen LogP contribution is -2.47. The highest BCUT2D eigenvalue weighted by molar-refractivity contribution is 7.80. The third-order valence-corrected chi connectivity index (χ3v) is 3.95. The lowest BCUT2D eigenvalue weighted by Gasteiger charge is -2.33. The van der Waals surface area contributed by atoms with E-state index in [0.29, 0.717) is 6.61 Å². The molecule has 0 aliphatic carbocycles. The number of nitrogens with two attached hydrogens (primary N) is 1. The molecule has 1 aromatic rings. The minimum Gasteiger partial charge on any atom is -0.492 e. The van der Waals surface area contributed by atoms with E-state index in [-0.39, 0.29) is 5.11 Å². The third kappa shape index (κ3) is 6.52. The van der Waals surface area contributed by atoms with Crippen LogP contribution in [0.5, 0.6) is 5.75 Å². The van der Waals surface area contributed by atoms with Crippen molar-refractivity contribution >= 4 is 23.5 Å². The third-order valence-electron chi connectivity index (χ3n) is 3.86. The van der Waals surface area contributed by atoms with E-state index in [9.17, 15) is 0 Å². The van der Waals surface area contributed by atoms with Gasteiger partial charge in [-0.05, 0) is 48.6 Å². The summed E-state index contributed by atoms with van der Waals surface area (Å²) in [5, 5.41) is 4.07. The highest BCUT2D eigenvalue weighted by Crippen LogP contribution is 2.11. The molecule has 0 saturated carbocycles. The normalized spacial score (nSPS) is 16.6. The minimum absolute atomic E-state index is 0.154. The average molecular weight is 335 g/mol. The molecule has 0 radical (unpaired) electrons. The van der Waals surface area contributed by atoms with Crippen molar-refractivity contribution < 1.29 is 4.74 Å². The second kappa shape index (κ2) is 9.44. The van der Waals surface area contributed by atoms with E-state index in [1.165, 1.54) is 0 Å². The van der Waals surface area contributed by atoms with Crippen molar-refractivity contribution in [3.63, 3.8) is 0 Å². The zero-order valence-electron chi connectivity index (χ0n) is 13.6. The summed E-state index contributed by atoms with van der Waals surface area (Å²) in [6, 6.07) is 7.77. The van der Waals surface area contributed by atoms with Crippen LogP contribution in [0.3, 0.4) is 0 Å². The summed E-state index contributed by atoms with van der Waals surface area (Å²) in [7, 11) is 0. The zero-order valence-corrected chi connectivity index (χ0v) is 14.4. The Labute approximate surface area is 143 Å². The van der Waals surface area contributed by atoms with E-state index in [1.54, 1.807) is 6.21 Å². The van der Waals surface area contributed by atoms with Crippen LogP contribution < -0.4 is 15.9 Å². The van der Waals surface area contributed by atoms with Crippen LogP contribution in [0, 0.1) is 0 Å². The van der Waals surface area contributed by atoms with Gasteiger partial charge in [0.25, 0.3) is 0 Å². The molecule has 1 aliphatic rings. The lowest BCUT2D eigenvalue weighted by molar-refractivity contribution is 0.121. The molecule has 0 atom stereocenters. The quantitative estimate of drug-likeness (QED) is 0.438. The number of piperazine rings is 1. The van der Waals surface area contributed by atoms with Crippen molar-refractivity contribution in [3.8, 4) is 5.75 Å². The fourth-order valence-corrected chi connectivity index (χ4v) is 2.49. The molecule has 1 fully saturated rings. The highest BCUT2D eigenvalue weighted by Gasteiger charge is 2.14. The first-order valence-corrected chi connectivity index (χ1v) is 8.34. The summed E-state index contributed by atoms with van der Waals surface area (Å²) in [4.78, 5) is 4.93. The van der Waals surface area contributed by atoms with Crippen LogP contribution in [0.25, 0.3) is 0 Å². The van der Waals surface area contributed by atoms with E-state index < -0.39 is 0 Å². The van der Waals surface area contributed by atoms with Gasteiger partial charge in [0.2, 0.25) is 0 Å². The molecular weight excluding hydrogens is 310 g/mol. The predicted molar refractivity (Wildman–Crippen MR) is 98.0 cm³/mol. The van der Waals surface area contributed by atoms with E-state index in [0.717, 1.165) is 50.6 Å². The molecule has 6 nitrogen and oxygen atoms in total. The molecule has 1 heterocycles. The second-order valence-electron chi connectivity index (χ2n) is 5.43. The number of nitrogens with one attached hydrogen (secondary N) is 1. The number of ether oxygens (including phenoxy) is 1. The van der Waals surface area contributed by atoms with Crippen LogP contribution in [0.1, 0.15) is 12.5 Å². The summed E-state index contributed by atoms with van der Waals surface area (Å²) >= 11 is 4.67. The first-order chi connectivity index (χ1) is 11.2. The van der Waals surface area contributed by atoms with Gasteiger partial charge in [0.05, 0.1) is 6.21 Å². The SMILES string of the molecule is CCN1CCN(CCOc2ccc(C=NNC(N)=S)cc2)CC1. The Bertz CT molecular complexity index is 512. The smallest absolute Gasteiger partial charge is 0.184 e. The van der Waals surface area contributed by atoms with Crippen molar-refractivity contribution in [2.24, 2.45) is 10.8 Å². The van der Waals surface area contributed by atoms with Gasteiger partial charge in [-0.3, -0.25) is 10.3 Å². The number of benzene rings is 1. The average Bonchev–Trinajstić information content (AvgIpc) is 2.57. The van der Waals surface area contributed by atoms with Crippen LogP contribution in [0.15, 0.2) is 29.4 Å². The van der Waals surface area contributed by atoms with E-state index in [4.69, 9.17) is 10.5 Å². The number of likely N-dealkylation sites (N-methyl/N-ethyl adjacent to an activating group) is 1. The van der Waals surface area contributed by atoms with Gasteiger partial charge in [0.15, 0.2) is 5.11 Å². The van der Waals surface area contributed by atoms with Crippen LogP contribution in [0.4, 0.5) is 0 Å². The summed E-state index contributed by atoms with van der Waals surface area (Å²) in [5.41, 5.74) is 8.77. The summed E-state index contributed by atoms with van der Waals surface area (Å²) < 4.78 is 5.80. The molecule has 0 aromatic heterocycles. The number of nitrogens with zero attached hydrogens (tertiary/aromatic N) is 3. The number of hydrogen-bond acceptors (Lipinski definition) is 5. The highest BCUT2D eigenvalue weighted by atomic mass is 32.1. The Kier molecular flexibility index (Phi) is 7.25. The summed E-state index contributed by atoms with van der Waals surface area (Å²) in [6.07, 6.45) is 1.66. The Morgan fingerprint density at radius 1 is 1.26 bits per heavy atom. The number of thiocarbonyl (C=S) groups is 1. The molecule has 7 heteroatoms. The van der Waals surface area contributed by atoms with Crippen molar-refractivity contribution in [3.05, 3.63) is 29.8 Å². The zero-order chi connectivity index (χ0) is 16.5. The van der Waals surface area contributed by atoms with Gasteiger partial charge >= 0.3 is 0 Å². The van der Waals surface area contributed by atoms with Crippen LogP contribution in [0.2, 0.25) is 0 Å². The standard InChI is InChI=1S/C16H25N5OS/c1-2-20-7-9-21(10-8-20)11-12-22-15-5-3-14(4-6-15)13-18-19-16(17)23/h3-6,13H,2,7-12H2,1H3,(H3,17,19,23). The fourth-order valence-electron chi connectivity index (χ4n) is 2.44. The topological polar surface area (TPSA) is 66.1 Å². The van der Waals surface area contributed by atoms with Crippen molar-refractivity contribution in [2.45, 2.75) is 6.92 Å². The monoisotopic (exact) mass is 335 g/mol. The summed E-state index contributed by atoms with van der Waals surface area (Å²) in [6.45, 7) is 9.61. The van der Waals surface area contributed by atoms with Gasteiger partial charge in [0.1, 0.15) is 12.4 Å². The molecule has 0 spiro atoms. The molecule has 126 valence electrons. The molecule has 1 saturated heterocycles. The number of hydrazone groups is 1. The number of rotatable bonds is 7. The number of hydrogen-bond donors (Lipinski definition) is 2. The molecule has 2 rings (SSSR count). The molecule has 1 aromatic carbocycles. The van der Waals surface area contributed by atoms with Gasteiger partial charge in [0, 0.05) is 32.7 Å². The predicted octanol–water partition coefficient (Wildman–Crippen LogP) is 0.870. The second-order valence-corrected chi connectivity index (χ2v) is 5.87. The van der Waals surface area contributed by atoms with Gasteiger partial charge in [-0.2, -0.15) is 5.10 Å².